The second kappa shape index (κ2) is 12.2. The molecule has 0 aliphatic rings. The van der Waals surface area contributed by atoms with Gasteiger partial charge in [0.05, 0.1) is 13.0 Å². The van der Waals surface area contributed by atoms with Gasteiger partial charge in [-0.3, -0.25) is 9.59 Å². The zero-order chi connectivity index (χ0) is 21.8. The number of carboxylic acids is 1. The molecule has 0 saturated carbocycles. The Balaban J connectivity index is 1.67. The van der Waals surface area contributed by atoms with E-state index < -0.39 is 5.97 Å². The first-order chi connectivity index (χ1) is 14.4. The van der Waals surface area contributed by atoms with Crippen LogP contribution in [-0.4, -0.2) is 42.6 Å². The third-order valence-electron chi connectivity index (χ3n) is 4.35. The SMILES string of the molecule is Cc1ccccc1NC(=O)Nc1ccc(CC(=O)NCCCCNCC(=O)O)cc1. The van der Waals surface area contributed by atoms with Gasteiger partial charge < -0.3 is 26.4 Å². The number of carbonyl (C=O) groups excluding carboxylic acids is 2. The smallest absolute Gasteiger partial charge is 0.323 e. The number of aliphatic carboxylic acids is 1. The van der Waals surface area contributed by atoms with Gasteiger partial charge in [0.15, 0.2) is 0 Å². The lowest BCUT2D eigenvalue weighted by atomic mass is 10.1. The third-order valence-corrected chi connectivity index (χ3v) is 4.35. The zero-order valence-electron chi connectivity index (χ0n) is 17.0. The molecule has 2 rings (SSSR count). The number of amides is 3. The van der Waals surface area contributed by atoms with E-state index in [4.69, 9.17) is 5.11 Å². The molecule has 0 unspecified atom stereocenters. The summed E-state index contributed by atoms with van der Waals surface area (Å²) in [7, 11) is 0. The van der Waals surface area contributed by atoms with Crippen molar-refractivity contribution in [2.75, 3.05) is 30.3 Å². The fraction of sp³-hybridized carbons (Fsp3) is 0.318. The van der Waals surface area contributed by atoms with Crippen molar-refractivity contribution in [3.63, 3.8) is 0 Å². The molecule has 2 aromatic rings. The quantitative estimate of drug-likeness (QED) is 0.364. The van der Waals surface area contributed by atoms with E-state index in [9.17, 15) is 14.4 Å². The number of anilines is 2. The Morgan fingerprint density at radius 2 is 1.60 bits per heavy atom. The maximum Gasteiger partial charge on any atom is 0.323 e. The molecule has 0 bridgehead atoms. The van der Waals surface area contributed by atoms with Crippen LogP contribution in [0.1, 0.15) is 24.0 Å². The number of hydrogen-bond acceptors (Lipinski definition) is 4. The maximum absolute atomic E-state index is 12.1. The Kier molecular flexibility index (Phi) is 9.33. The van der Waals surface area contributed by atoms with Gasteiger partial charge in [-0.05, 0) is 55.6 Å². The van der Waals surface area contributed by atoms with E-state index in [1.54, 1.807) is 24.3 Å². The van der Waals surface area contributed by atoms with Crippen molar-refractivity contribution in [2.45, 2.75) is 26.2 Å². The van der Waals surface area contributed by atoms with Crippen LogP contribution in [0.4, 0.5) is 16.2 Å². The summed E-state index contributed by atoms with van der Waals surface area (Å²) in [6.07, 6.45) is 1.82. The molecule has 5 N–H and O–H groups in total. The van der Waals surface area contributed by atoms with E-state index in [2.05, 4.69) is 21.3 Å². The van der Waals surface area contributed by atoms with Gasteiger partial charge >= 0.3 is 12.0 Å². The summed E-state index contributed by atoms with van der Waals surface area (Å²) < 4.78 is 0. The van der Waals surface area contributed by atoms with Crippen LogP contribution in [0.3, 0.4) is 0 Å². The van der Waals surface area contributed by atoms with Crippen molar-refractivity contribution in [3.8, 4) is 0 Å². The standard InChI is InChI=1S/C22H28N4O4/c1-16-6-2-3-7-19(16)26-22(30)25-18-10-8-17(9-11-18)14-20(27)24-13-5-4-12-23-15-21(28)29/h2-3,6-11,23H,4-5,12-15H2,1H3,(H,24,27)(H,28,29)(H2,25,26,30). The average Bonchev–Trinajstić information content (AvgIpc) is 2.70. The van der Waals surface area contributed by atoms with Crippen molar-refractivity contribution in [1.82, 2.24) is 10.6 Å². The van der Waals surface area contributed by atoms with E-state index in [1.165, 1.54) is 0 Å². The molecule has 160 valence electrons. The van der Waals surface area contributed by atoms with Crippen molar-refractivity contribution in [1.29, 1.82) is 0 Å². The van der Waals surface area contributed by atoms with E-state index in [1.807, 2.05) is 31.2 Å². The number of nitrogens with one attached hydrogen (secondary N) is 4. The van der Waals surface area contributed by atoms with Crippen LogP contribution in [0.25, 0.3) is 0 Å². The van der Waals surface area contributed by atoms with E-state index in [0.29, 0.717) is 18.8 Å². The van der Waals surface area contributed by atoms with Crippen LogP contribution in [0.5, 0.6) is 0 Å². The molecule has 0 fully saturated rings. The van der Waals surface area contributed by atoms with Gasteiger partial charge in [-0.25, -0.2) is 4.79 Å². The Hall–Kier alpha value is -3.39. The molecule has 0 saturated heterocycles. The molecule has 30 heavy (non-hydrogen) atoms. The van der Waals surface area contributed by atoms with Gasteiger partial charge in [-0.1, -0.05) is 30.3 Å². The number of aryl methyl sites for hydroxylation is 1. The van der Waals surface area contributed by atoms with Crippen LogP contribution in [0, 0.1) is 6.92 Å². The number of para-hydroxylation sites is 1. The number of hydrogen-bond donors (Lipinski definition) is 5. The van der Waals surface area contributed by atoms with Crippen LogP contribution < -0.4 is 21.3 Å². The molecule has 8 heteroatoms. The first-order valence-electron chi connectivity index (χ1n) is 9.86. The van der Waals surface area contributed by atoms with Gasteiger partial charge in [0.1, 0.15) is 0 Å². The van der Waals surface area contributed by atoms with Crippen molar-refractivity contribution in [3.05, 3.63) is 59.7 Å². The number of urea groups is 1. The lowest BCUT2D eigenvalue weighted by Gasteiger charge is -2.10. The van der Waals surface area contributed by atoms with E-state index in [0.717, 1.165) is 29.7 Å². The third kappa shape index (κ3) is 8.74. The van der Waals surface area contributed by atoms with Crippen LogP contribution in [-0.2, 0) is 16.0 Å². The van der Waals surface area contributed by atoms with Gasteiger partial charge in [0, 0.05) is 17.9 Å². The Labute approximate surface area is 176 Å². The summed E-state index contributed by atoms with van der Waals surface area (Å²) in [5.74, 6) is -0.956. The van der Waals surface area contributed by atoms with E-state index >= 15 is 0 Å². The van der Waals surface area contributed by atoms with Crippen molar-refractivity contribution in [2.24, 2.45) is 0 Å². The Morgan fingerprint density at radius 1 is 0.900 bits per heavy atom. The normalized spacial score (nSPS) is 10.3. The molecule has 0 aliphatic heterocycles. The zero-order valence-corrected chi connectivity index (χ0v) is 17.0. The van der Waals surface area contributed by atoms with Crippen LogP contribution in [0.15, 0.2) is 48.5 Å². The summed E-state index contributed by atoms with van der Waals surface area (Å²) in [4.78, 5) is 34.5. The van der Waals surface area contributed by atoms with Gasteiger partial charge in [0.2, 0.25) is 5.91 Å². The molecule has 0 aliphatic carbocycles. The van der Waals surface area contributed by atoms with Gasteiger partial charge in [-0.2, -0.15) is 0 Å². The number of unbranched alkanes of at least 4 members (excludes halogenated alkanes) is 1. The summed E-state index contributed by atoms with van der Waals surface area (Å²) in [6.45, 7) is 3.02. The molecule has 3 amide bonds. The monoisotopic (exact) mass is 412 g/mol. The summed E-state index contributed by atoms with van der Waals surface area (Å²) in [6, 6.07) is 14.3. The number of benzene rings is 2. The Morgan fingerprint density at radius 3 is 2.30 bits per heavy atom. The van der Waals surface area contributed by atoms with E-state index in [-0.39, 0.29) is 24.9 Å². The molecule has 0 radical (unpaired) electrons. The Bertz CT molecular complexity index is 852. The first kappa shape index (κ1) is 22.9. The van der Waals surface area contributed by atoms with Crippen LogP contribution in [0.2, 0.25) is 0 Å². The number of carbonyl (C=O) groups is 3. The predicted octanol–water partition coefficient (Wildman–Crippen LogP) is 2.75. The fourth-order valence-corrected chi connectivity index (χ4v) is 2.75. The molecule has 0 aromatic heterocycles. The van der Waals surface area contributed by atoms with Gasteiger partial charge in [0.25, 0.3) is 0 Å². The lowest BCUT2D eigenvalue weighted by molar-refractivity contribution is -0.136. The minimum atomic E-state index is -0.878. The lowest BCUT2D eigenvalue weighted by Crippen LogP contribution is -2.27. The summed E-state index contributed by atoms with van der Waals surface area (Å²) >= 11 is 0. The molecule has 0 spiro atoms. The first-order valence-corrected chi connectivity index (χ1v) is 9.86. The molecular weight excluding hydrogens is 384 g/mol. The topological polar surface area (TPSA) is 120 Å². The molecule has 0 atom stereocenters. The molecule has 0 heterocycles. The highest BCUT2D eigenvalue weighted by molar-refractivity contribution is 6.00. The number of rotatable bonds is 11. The summed E-state index contributed by atoms with van der Waals surface area (Å²) in [5.41, 5.74) is 3.21. The largest absolute Gasteiger partial charge is 0.480 e. The average molecular weight is 412 g/mol. The van der Waals surface area contributed by atoms with Crippen molar-refractivity contribution >= 4 is 29.3 Å². The second-order valence-electron chi connectivity index (χ2n) is 6.90. The molecular formula is C22H28N4O4. The van der Waals surface area contributed by atoms with Crippen LogP contribution >= 0.6 is 0 Å². The highest BCUT2D eigenvalue weighted by Crippen LogP contribution is 2.15. The minimum absolute atomic E-state index is 0.0508. The second-order valence-corrected chi connectivity index (χ2v) is 6.90. The molecule has 8 nitrogen and oxygen atoms in total. The fourth-order valence-electron chi connectivity index (χ4n) is 2.75. The predicted molar refractivity (Wildman–Crippen MR) is 117 cm³/mol. The number of carboxylic acid groups (broad SMARTS) is 1. The van der Waals surface area contributed by atoms with Gasteiger partial charge in [-0.15, -0.1) is 0 Å². The maximum atomic E-state index is 12.1. The summed E-state index contributed by atoms with van der Waals surface area (Å²) in [5, 5.41) is 19.7. The molecule has 2 aromatic carbocycles. The highest BCUT2D eigenvalue weighted by Gasteiger charge is 2.06. The highest BCUT2D eigenvalue weighted by atomic mass is 16.4. The minimum Gasteiger partial charge on any atom is -0.480 e. The van der Waals surface area contributed by atoms with Crippen molar-refractivity contribution < 1.29 is 19.5 Å².